The Balaban J connectivity index is 1.43. The van der Waals surface area contributed by atoms with Crippen LogP contribution in [0, 0.1) is 0 Å². The van der Waals surface area contributed by atoms with E-state index in [0.717, 1.165) is 16.7 Å². The first-order valence-corrected chi connectivity index (χ1v) is 9.95. The SMILES string of the molecule is COc1ccc(CNC(=S)NNC(=O)c2cc(-c3ccco3)nc3ccccc23)cc1. The van der Waals surface area contributed by atoms with Crippen molar-refractivity contribution >= 4 is 34.1 Å². The number of methoxy groups -OCH3 is 1. The third-order valence-electron chi connectivity index (χ3n) is 4.64. The predicted molar refractivity (Wildman–Crippen MR) is 122 cm³/mol. The van der Waals surface area contributed by atoms with Crippen LogP contribution in [0.25, 0.3) is 22.4 Å². The summed E-state index contributed by atoms with van der Waals surface area (Å²) >= 11 is 5.27. The summed E-state index contributed by atoms with van der Waals surface area (Å²) in [7, 11) is 1.62. The smallest absolute Gasteiger partial charge is 0.270 e. The summed E-state index contributed by atoms with van der Waals surface area (Å²) in [6.45, 7) is 0.506. The lowest BCUT2D eigenvalue weighted by molar-refractivity contribution is 0.0945. The number of fused-ring (bicyclic) bond motifs is 1. The lowest BCUT2D eigenvalue weighted by atomic mass is 10.1. The molecule has 0 aliphatic rings. The van der Waals surface area contributed by atoms with Gasteiger partial charge in [0.05, 0.1) is 24.5 Å². The first-order valence-electron chi connectivity index (χ1n) is 9.55. The molecule has 0 atom stereocenters. The molecule has 0 fully saturated rings. The van der Waals surface area contributed by atoms with E-state index in [2.05, 4.69) is 21.2 Å². The molecule has 0 bridgehead atoms. The van der Waals surface area contributed by atoms with E-state index in [9.17, 15) is 4.79 Å². The van der Waals surface area contributed by atoms with E-state index in [1.807, 2.05) is 48.5 Å². The summed E-state index contributed by atoms with van der Waals surface area (Å²) in [4.78, 5) is 17.5. The first kappa shape index (κ1) is 20.4. The number of ether oxygens (including phenoxy) is 1. The molecule has 7 nitrogen and oxygen atoms in total. The van der Waals surface area contributed by atoms with E-state index < -0.39 is 0 Å². The molecule has 2 aromatic carbocycles. The van der Waals surface area contributed by atoms with Gasteiger partial charge in [0.1, 0.15) is 11.4 Å². The molecule has 8 heteroatoms. The third kappa shape index (κ3) is 4.81. The summed E-state index contributed by atoms with van der Waals surface area (Å²) in [5.41, 5.74) is 8.15. The second-order valence-electron chi connectivity index (χ2n) is 6.66. The van der Waals surface area contributed by atoms with Gasteiger partial charge in [0, 0.05) is 11.9 Å². The maximum absolute atomic E-state index is 12.9. The number of carbonyl (C=O) groups is 1. The summed E-state index contributed by atoms with van der Waals surface area (Å²) in [6, 6.07) is 20.3. The highest BCUT2D eigenvalue weighted by molar-refractivity contribution is 7.80. The summed E-state index contributed by atoms with van der Waals surface area (Å²) in [5.74, 6) is 1.04. The van der Waals surface area contributed by atoms with Crippen molar-refractivity contribution in [3.8, 4) is 17.2 Å². The molecule has 0 unspecified atom stereocenters. The van der Waals surface area contributed by atoms with Gasteiger partial charge in [-0.05, 0) is 54.2 Å². The molecule has 2 aromatic heterocycles. The van der Waals surface area contributed by atoms with Crippen molar-refractivity contribution in [3.63, 3.8) is 0 Å². The van der Waals surface area contributed by atoms with Crippen LogP contribution in [0.15, 0.2) is 77.4 Å². The molecule has 2 heterocycles. The number of nitrogens with one attached hydrogen (secondary N) is 3. The monoisotopic (exact) mass is 432 g/mol. The molecule has 0 aliphatic heterocycles. The van der Waals surface area contributed by atoms with Gasteiger partial charge >= 0.3 is 0 Å². The van der Waals surface area contributed by atoms with Crippen LogP contribution in [0.2, 0.25) is 0 Å². The van der Waals surface area contributed by atoms with Crippen molar-refractivity contribution in [3.05, 3.63) is 84.1 Å². The molecule has 0 saturated carbocycles. The Bertz CT molecular complexity index is 1210. The Morgan fingerprint density at radius 1 is 1.06 bits per heavy atom. The van der Waals surface area contributed by atoms with E-state index in [0.29, 0.717) is 34.2 Å². The minimum absolute atomic E-state index is 0.300. The van der Waals surface area contributed by atoms with E-state index >= 15 is 0 Å². The average molecular weight is 433 g/mol. The number of carbonyl (C=O) groups excluding carboxylic acids is 1. The zero-order valence-electron chi connectivity index (χ0n) is 16.7. The first-order chi connectivity index (χ1) is 15.1. The van der Waals surface area contributed by atoms with E-state index in [-0.39, 0.29) is 5.91 Å². The molecule has 4 rings (SSSR count). The van der Waals surface area contributed by atoms with Crippen molar-refractivity contribution in [1.29, 1.82) is 0 Å². The minimum Gasteiger partial charge on any atom is -0.497 e. The highest BCUT2D eigenvalue weighted by Gasteiger charge is 2.15. The maximum Gasteiger partial charge on any atom is 0.270 e. The predicted octanol–water partition coefficient (Wildman–Crippen LogP) is 3.81. The summed E-state index contributed by atoms with van der Waals surface area (Å²) in [6.07, 6.45) is 1.57. The van der Waals surface area contributed by atoms with Crippen LogP contribution >= 0.6 is 12.2 Å². The number of furan rings is 1. The minimum atomic E-state index is -0.333. The fourth-order valence-corrected chi connectivity index (χ4v) is 3.19. The maximum atomic E-state index is 12.9. The largest absolute Gasteiger partial charge is 0.497 e. The van der Waals surface area contributed by atoms with Crippen LogP contribution in [-0.2, 0) is 6.54 Å². The number of pyridine rings is 1. The van der Waals surface area contributed by atoms with Crippen molar-refractivity contribution in [2.45, 2.75) is 6.54 Å². The normalized spacial score (nSPS) is 10.5. The molecule has 0 saturated heterocycles. The van der Waals surface area contributed by atoms with Gasteiger partial charge in [-0.2, -0.15) is 0 Å². The van der Waals surface area contributed by atoms with E-state index in [4.69, 9.17) is 21.4 Å². The van der Waals surface area contributed by atoms with Crippen LogP contribution < -0.4 is 20.9 Å². The Morgan fingerprint density at radius 2 is 1.87 bits per heavy atom. The second-order valence-corrected chi connectivity index (χ2v) is 7.07. The number of thiocarbonyl (C=S) groups is 1. The Labute approximate surface area is 184 Å². The highest BCUT2D eigenvalue weighted by atomic mass is 32.1. The number of amides is 1. The number of rotatable bonds is 5. The average Bonchev–Trinajstić information content (AvgIpc) is 3.36. The van der Waals surface area contributed by atoms with Crippen molar-refractivity contribution < 1.29 is 13.9 Å². The summed E-state index contributed by atoms with van der Waals surface area (Å²) < 4.78 is 10.6. The molecule has 3 N–H and O–H groups in total. The van der Waals surface area contributed by atoms with Crippen LogP contribution in [0.5, 0.6) is 5.75 Å². The van der Waals surface area contributed by atoms with Gasteiger partial charge in [0.25, 0.3) is 5.91 Å². The fourth-order valence-electron chi connectivity index (χ4n) is 3.06. The molecular weight excluding hydrogens is 412 g/mol. The van der Waals surface area contributed by atoms with Crippen molar-refractivity contribution in [2.24, 2.45) is 0 Å². The Hall–Kier alpha value is -3.91. The number of benzene rings is 2. The number of nitrogens with zero attached hydrogens (tertiary/aromatic N) is 1. The number of hydrogen-bond donors (Lipinski definition) is 3. The highest BCUT2D eigenvalue weighted by Crippen LogP contribution is 2.25. The second kappa shape index (κ2) is 9.27. The summed E-state index contributed by atoms with van der Waals surface area (Å²) in [5, 5.41) is 4.08. The third-order valence-corrected chi connectivity index (χ3v) is 4.88. The zero-order chi connectivity index (χ0) is 21.6. The van der Waals surface area contributed by atoms with Crippen LogP contribution in [-0.4, -0.2) is 23.1 Å². The number of aromatic nitrogens is 1. The molecule has 0 radical (unpaired) electrons. The van der Waals surface area contributed by atoms with Crippen molar-refractivity contribution in [2.75, 3.05) is 7.11 Å². The topological polar surface area (TPSA) is 88.4 Å². The van der Waals surface area contributed by atoms with Gasteiger partial charge in [-0.15, -0.1) is 0 Å². The molecule has 156 valence electrons. The van der Waals surface area contributed by atoms with Crippen molar-refractivity contribution in [1.82, 2.24) is 21.2 Å². The molecular formula is C23H20N4O3S. The molecule has 1 amide bonds. The Morgan fingerprint density at radius 3 is 2.61 bits per heavy atom. The lowest BCUT2D eigenvalue weighted by Gasteiger charge is -2.13. The zero-order valence-corrected chi connectivity index (χ0v) is 17.5. The standard InChI is InChI=1S/C23H20N4O3S/c1-29-16-10-8-15(9-11-16)14-24-23(31)27-26-22(28)18-13-20(21-7-4-12-30-21)25-19-6-3-2-5-17(18)19/h2-13H,14H2,1H3,(H,26,28)(H2,24,27,31). The number of hydrazine groups is 1. The van der Waals surface area contributed by atoms with E-state index in [1.165, 1.54) is 0 Å². The number of para-hydroxylation sites is 1. The van der Waals surface area contributed by atoms with Crippen LogP contribution in [0.1, 0.15) is 15.9 Å². The molecule has 4 aromatic rings. The quantitative estimate of drug-likeness (QED) is 0.326. The lowest BCUT2D eigenvalue weighted by Crippen LogP contribution is -2.46. The Kier molecular flexibility index (Phi) is 6.09. The van der Waals surface area contributed by atoms with Crippen LogP contribution in [0.4, 0.5) is 0 Å². The number of hydrogen-bond acceptors (Lipinski definition) is 5. The fraction of sp³-hybridized carbons (Fsp3) is 0.0870. The van der Waals surface area contributed by atoms with Gasteiger partial charge in [-0.25, -0.2) is 4.98 Å². The van der Waals surface area contributed by atoms with E-state index in [1.54, 1.807) is 31.6 Å². The van der Waals surface area contributed by atoms with Crippen LogP contribution in [0.3, 0.4) is 0 Å². The van der Waals surface area contributed by atoms with Gasteiger partial charge < -0.3 is 14.5 Å². The van der Waals surface area contributed by atoms with Gasteiger partial charge in [-0.1, -0.05) is 30.3 Å². The van der Waals surface area contributed by atoms with Gasteiger partial charge in [0.2, 0.25) is 0 Å². The molecule has 31 heavy (non-hydrogen) atoms. The van der Waals surface area contributed by atoms with Gasteiger partial charge in [0.15, 0.2) is 10.9 Å². The molecule has 0 aliphatic carbocycles. The molecule has 0 spiro atoms. The van der Waals surface area contributed by atoms with Gasteiger partial charge in [-0.3, -0.25) is 15.6 Å².